The fourth-order valence-corrected chi connectivity index (χ4v) is 16.5. The number of nitrogens with two attached hydrogens (primary N) is 5. The molecule has 5 rings (SSSR count). The Morgan fingerprint density at radius 1 is 0.660 bits per heavy atom. The van der Waals surface area contributed by atoms with Crippen LogP contribution < -0.4 is 76.5 Å². The number of guanidine groups is 2. The maximum atomic E-state index is 14.5. The van der Waals surface area contributed by atoms with Gasteiger partial charge in [0.25, 0.3) is 5.91 Å². The molecule has 2 aliphatic rings. The summed E-state index contributed by atoms with van der Waals surface area (Å²) in [7, 11) is 15.0. The summed E-state index contributed by atoms with van der Waals surface area (Å²) < 4.78 is 0.356. The van der Waals surface area contributed by atoms with E-state index in [1.54, 1.807) is 70.2 Å². The van der Waals surface area contributed by atoms with Gasteiger partial charge in [0.2, 0.25) is 53.2 Å². The lowest BCUT2D eigenvalue weighted by atomic mass is 9.76. The van der Waals surface area contributed by atoms with E-state index in [9.17, 15) is 67.7 Å². The number of hydrogen-bond donors (Lipinski definition) is 17. The molecule has 0 fully saturated rings. The van der Waals surface area contributed by atoms with Crippen LogP contribution in [0.1, 0.15) is 109 Å². The Morgan fingerprint density at radius 3 is 1.77 bits per heavy atom. The van der Waals surface area contributed by atoms with Crippen molar-refractivity contribution in [3.05, 3.63) is 129 Å². The molecule has 0 aromatic heterocycles. The average molecular weight is 1570 g/mol. The zero-order valence-corrected chi connectivity index (χ0v) is 66.0. The third-order valence-electron chi connectivity index (χ3n) is 15.5. The lowest BCUT2D eigenvalue weighted by Gasteiger charge is -2.29. The van der Waals surface area contributed by atoms with Gasteiger partial charge >= 0.3 is 5.97 Å². The minimum Gasteiger partial charge on any atom is -0.508 e. The smallest absolute Gasteiger partial charge is 0.336 e. The second-order valence-electron chi connectivity index (χ2n) is 24.6. The van der Waals surface area contributed by atoms with Crippen molar-refractivity contribution in [2.24, 2.45) is 50.5 Å². The van der Waals surface area contributed by atoms with Gasteiger partial charge in [-0.15, -0.1) is 45.3 Å². The zero-order chi connectivity index (χ0) is 76.8. The third-order valence-corrected chi connectivity index (χ3v) is 33.0. The molecule has 3 aromatic carbocycles. The van der Waals surface area contributed by atoms with Crippen molar-refractivity contribution >= 4 is 162 Å². The summed E-state index contributed by atoms with van der Waals surface area (Å²) in [5, 5.41) is 43.9. The molecule has 0 aliphatic heterocycles. The van der Waals surface area contributed by atoms with Crippen molar-refractivity contribution < 1.29 is 67.7 Å². The summed E-state index contributed by atoms with van der Waals surface area (Å²) in [5.41, 5.74) is 30.7. The van der Waals surface area contributed by atoms with E-state index in [4.69, 9.17) is 28.7 Å². The molecule has 0 spiro atoms. The van der Waals surface area contributed by atoms with Gasteiger partial charge < -0.3 is 86.7 Å². The molecule has 21 N–H and O–H groups in total. The molecule has 0 bridgehead atoms. The second-order valence-corrected chi connectivity index (χ2v) is 38.7. The largest absolute Gasteiger partial charge is 0.508 e. The molecular weight excluding hydrogens is 1480 g/mol. The van der Waals surface area contributed by atoms with Crippen LogP contribution in [0.4, 0.5) is 0 Å². The summed E-state index contributed by atoms with van der Waals surface area (Å²) in [6.45, 7) is 5.36. The molecule has 0 saturated carbocycles. The van der Waals surface area contributed by atoms with Crippen LogP contribution in [0.15, 0.2) is 106 Å². The molecule has 560 valence electrons. The number of primary amides is 1. The fraction of sp³-hybridized carbons (Fsp3) is 0.415. The fourth-order valence-electron chi connectivity index (χ4n) is 10.3. The first-order chi connectivity index (χ1) is 48.5. The number of fused-ring (bicyclic) bond motifs is 2. The molecule has 12 atom stereocenters. The minimum atomic E-state index is -1.42. The van der Waals surface area contributed by atoms with Gasteiger partial charge in [-0.25, -0.2) is 4.79 Å². The quantitative estimate of drug-likeness (QED) is 0.0126. The number of aromatic carboxylic acids is 1. The lowest BCUT2D eigenvalue weighted by molar-refractivity contribution is -0.136. The number of phenolic OH excluding ortho intramolecular Hbond substituents is 1. The van der Waals surface area contributed by atoms with E-state index < -0.39 is 120 Å². The highest BCUT2D eigenvalue weighted by Crippen LogP contribution is 2.77. The molecule has 6 unspecified atom stereocenters. The number of rotatable bonds is 38. The molecule has 38 heteroatoms. The maximum absolute atomic E-state index is 14.5. The summed E-state index contributed by atoms with van der Waals surface area (Å²) in [6, 6.07) is 9.11. The van der Waals surface area contributed by atoms with Crippen LogP contribution >= 0.6 is 73.5 Å². The first-order valence-electron chi connectivity index (χ1n) is 32.5. The highest BCUT2D eigenvalue weighted by atomic mass is 32.4. The third kappa shape index (κ3) is 29.8. The molecule has 0 saturated heterocycles. The lowest BCUT2D eigenvalue weighted by Crippen LogP contribution is -2.60. The predicted octanol–water partition coefficient (Wildman–Crippen LogP) is 1.12. The Morgan fingerprint density at radius 2 is 1.22 bits per heavy atom. The normalized spacial score (nSPS) is 14.1. The molecular formula is C65H95N16O14P7S. The predicted molar refractivity (Wildman–Crippen MR) is 422 cm³/mol. The number of benzene rings is 3. The van der Waals surface area contributed by atoms with Crippen LogP contribution in [0.3, 0.4) is 0 Å². The number of allylic oxidation sites excluding steroid dienone is 5. The number of carboxylic acid groups (broad SMARTS) is 1. The Labute approximate surface area is 617 Å². The van der Waals surface area contributed by atoms with E-state index in [-0.39, 0.29) is 124 Å². The Hall–Kier alpha value is -7.58. The van der Waals surface area contributed by atoms with Crippen LogP contribution in [0.2, 0.25) is 0 Å². The summed E-state index contributed by atoms with van der Waals surface area (Å²) in [6.07, 6.45) is 4.46. The topological polar surface area (TPSA) is 508 Å². The maximum Gasteiger partial charge on any atom is 0.336 e. The summed E-state index contributed by atoms with van der Waals surface area (Å²) >= 11 is 4.18. The van der Waals surface area contributed by atoms with Crippen LogP contribution in [0, 0.1) is 11.8 Å². The first kappa shape index (κ1) is 87.8. The molecule has 0 radical (unpaired) electrons. The van der Waals surface area contributed by atoms with Crippen molar-refractivity contribution in [1.82, 2.24) is 47.9 Å². The van der Waals surface area contributed by atoms with Gasteiger partial charge in [0, 0.05) is 48.2 Å². The summed E-state index contributed by atoms with van der Waals surface area (Å²) in [4.78, 5) is 169. The van der Waals surface area contributed by atoms with Crippen LogP contribution in [0.25, 0.3) is 5.57 Å². The van der Waals surface area contributed by atoms with Crippen LogP contribution in [-0.4, -0.2) is 172 Å². The number of carboxylic acids is 1. The van der Waals surface area contributed by atoms with E-state index in [1.807, 2.05) is 0 Å². The van der Waals surface area contributed by atoms with E-state index in [2.05, 4.69) is 116 Å². The highest BCUT2D eigenvalue weighted by molar-refractivity contribution is 8.49. The molecule has 2 aliphatic carbocycles. The van der Waals surface area contributed by atoms with Crippen molar-refractivity contribution in [2.45, 2.75) is 120 Å². The number of thiol groups is 1. The van der Waals surface area contributed by atoms with Gasteiger partial charge in [-0.2, -0.15) is 12.6 Å². The van der Waals surface area contributed by atoms with E-state index in [1.165, 1.54) is 36.4 Å². The molecule has 0 heterocycles. The molecule has 103 heavy (non-hydrogen) atoms. The molecule has 30 nitrogen and oxygen atoms in total. The number of nitrogens with zero attached hydrogens (tertiary/aromatic N) is 2. The van der Waals surface area contributed by atoms with Crippen molar-refractivity contribution in [1.29, 1.82) is 0 Å². The number of hydrogen-bond acceptors (Lipinski definition) is 16. The Bertz CT molecular complexity index is 3740. The SMILES string of the molecule is CC(C)C[C@H](NC(=O)[C@@H](Cc1ccccc1)NC(=O)CNC(=O)CNC(=O)c1ccc(C2=C3C=CC(=O)C=C3Cc3cc(O)ccc32)c(C(=O)O)c1)C(=O)N[C@@H](CCCN=C(N)N)C(=O)N[C@@H](CCCN=C(N)N)C(=O)N[C@H](C(=O)N[C@@H](CS)C(=O)NCCC(N)=O)C(C)C.PPC(P)(P)P(P)P. The summed E-state index contributed by atoms with van der Waals surface area (Å²) in [5.74, 6) is -11.2. The van der Waals surface area contributed by atoms with E-state index in [0.29, 0.717) is 44.2 Å². The van der Waals surface area contributed by atoms with Crippen molar-refractivity contribution in [2.75, 3.05) is 38.5 Å². The average Bonchev–Trinajstić information content (AvgIpc) is 0.748. The minimum absolute atomic E-state index is 0.00587. The van der Waals surface area contributed by atoms with Gasteiger partial charge in [0.15, 0.2) is 17.7 Å². The zero-order valence-electron chi connectivity index (χ0n) is 57.5. The van der Waals surface area contributed by atoms with Gasteiger partial charge in [0.05, 0.1) is 18.7 Å². The van der Waals surface area contributed by atoms with Crippen LogP contribution in [0.5, 0.6) is 5.75 Å². The number of phenols is 1. The number of nitrogens with one attached hydrogen (secondary N) is 9. The van der Waals surface area contributed by atoms with Gasteiger partial charge in [-0.1, -0.05) is 84.5 Å². The standard InChI is InChI=1S/C64H84N16O14S.CH11P7/c1-33(2)24-47(59(90)77-45(12-8-21-71-63(66)67)57(88)76-46(13-9-22-72-64(68)69)58(89)80-54(34(3)4)61(92)79-49(32-95)56(87)70-23-20-50(65)83)78-60(91)48(25-35-10-6-5-7-11-35)75-52(85)31-73-51(84)30-74-55(86)36-14-17-43(44(29-36)62(93)94)53-41-18-15-39(81)27-37(41)26-38-28-40(82)16-19-42(38)53;2-1(3,7-4)8(5)6/h5-7,10-11,14-19,27-29,33-34,45-49,54,81,95H,8-9,12-13,20-26,30-32H2,1-4H3,(H2,65,83)(H,70,87)(H,73,84)(H,74,86)(H,75,85)(H,76,88)(H,77,90)(H,78,91)(H,79,92)(H,80,89)(H,93,94)(H4,66,67,71)(H4,68,69,72);7H,2-6H2/t45-,46-,47-,48+,49-,54-;/m0./s1. The van der Waals surface area contributed by atoms with Crippen molar-refractivity contribution in [3.8, 4) is 5.75 Å². The number of carbonyl (C=O) groups is 12. The highest BCUT2D eigenvalue weighted by Gasteiger charge is 2.36. The Kier molecular flexibility index (Phi) is 37.2. The number of ketones is 1. The Balaban J connectivity index is 0.00000264. The van der Waals surface area contributed by atoms with Crippen molar-refractivity contribution in [3.63, 3.8) is 0 Å². The number of amides is 10. The number of aromatic hydroxyl groups is 1. The van der Waals surface area contributed by atoms with E-state index >= 15 is 0 Å². The second kappa shape index (κ2) is 43.6. The number of carbonyl (C=O) groups excluding carboxylic acids is 11. The van der Waals surface area contributed by atoms with Gasteiger partial charge in [0.1, 0.15) is 42.0 Å². The van der Waals surface area contributed by atoms with Gasteiger partial charge in [-0.05, 0) is 133 Å². The monoisotopic (exact) mass is 1570 g/mol. The van der Waals surface area contributed by atoms with E-state index in [0.717, 1.165) is 14.3 Å². The van der Waals surface area contributed by atoms with Gasteiger partial charge in [-0.3, -0.25) is 62.7 Å². The number of aliphatic imine (C=N–C) groups is 2. The molecule has 3 aromatic rings. The first-order valence-corrected chi connectivity index (χ1v) is 41.6. The molecule has 10 amide bonds. The van der Waals surface area contributed by atoms with Crippen LogP contribution in [-0.2, 0) is 60.8 Å².